The lowest BCUT2D eigenvalue weighted by Gasteiger charge is -2.06. The normalized spacial score (nSPS) is 12.0. The second-order valence-corrected chi connectivity index (χ2v) is 2.73. The van der Waals surface area contributed by atoms with E-state index in [-0.39, 0.29) is 6.10 Å². The van der Waals surface area contributed by atoms with Crippen LogP contribution in [0.4, 0.5) is 0 Å². The molecule has 0 aliphatic rings. The Morgan fingerprint density at radius 3 is 3.00 bits per heavy atom. The molecule has 0 radical (unpaired) electrons. The standard InChI is InChI=1S/C8H8O2S/c1-2-8(10-6-9)7-3-4-11-5-7/h2-6,8H,1H2. The molecule has 58 valence electrons. The molecule has 0 aliphatic carbocycles. The Morgan fingerprint density at radius 2 is 2.55 bits per heavy atom. The first-order valence-corrected chi connectivity index (χ1v) is 4.06. The Balaban J connectivity index is 2.70. The minimum Gasteiger partial charge on any atom is -0.455 e. The smallest absolute Gasteiger partial charge is 0.294 e. The van der Waals surface area contributed by atoms with E-state index in [2.05, 4.69) is 6.58 Å². The average molecular weight is 168 g/mol. The van der Waals surface area contributed by atoms with Crippen LogP contribution in [0.15, 0.2) is 29.5 Å². The van der Waals surface area contributed by atoms with Crippen molar-refractivity contribution in [1.82, 2.24) is 0 Å². The highest BCUT2D eigenvalue weighted by atomic mass is 32.1. The van der Waals surface area contributed by atoms with Crippen molar-refractivity contribution < 1.29 is 9.53 Å². The quantitative estimate of drug-likeness (QED) is 0.508. The van der Waals surface area contributed by atoms with E-state index in [0.717, 1.165) is 5.56 Å². The van der Waals surface area contributed by atoms with Gasteiger partial charge in [-0.1, -0.05) is 6.58 Å². The predicted molar refractivity (Wildman–Crippen MR) is 44.4 cm³/mol. The summed E-state index contributed by atoms with van der Waals surface area (Å²) < 4.78 is 4.74. The number of ether oxygens (including phenoxy) is 1. The zero-order chi connectivity index (χ0) is 8.10. The Labute approximate surface area is 69.1 Å². The van der Waals surface area contributed by atoms with E-state index in [9.17, 15) is 4.79 Å². The van der Waals surface area contributed by atoms with Crippen molar-refractivity contribution in [2.45, 2.75) is 6.10 Å². The van der Waals surface area contributed by atoms with E-state index in [1.54, 1.807) is 17.4 Å². The lowest BCUT2D eigenvalue weighted by molar-refractivity contribution is -0.131. The fourth-order valence-corrected chi connectivity index (χ4v) is 1.45. The predicted octanol–water partition coefficient (Wildman–Crippen LogP) is 2.15. The lowest BCUT2D eigenvalue weighted by Crippen LogP contribution is -1.96. The van der Waals surface area contributed by atoms with Crippen LogP contribution in [0.1, 0.15) is 11.7 Å². The van der Waals surface area contributed by atoms with E-state index >= 15 is 0 Å². The minimum absolute atomic E-state index is 0.293. The molecule has 0 N–H and O–H groups in total. The molecular weight excluding hydrogens is 160 g/mol. The van der Waals surface area contributed by atoms with Gasteiger partial charge in [0.1, 0.15) is 6.10 Å². The third kappa shape index (κ3) is 1.91. The van der Waals surface area contributed by atoms with Gasteiger partial charge in [-0.2, -0.15) is 11.3 Å². The second-order valence-electron chi connectivity index (χ2n) is 1.95. The van der Waals surface area contributed by atoms with Gasteiger partial charge in [-0.15, -0.1) is 0 Å². The topological polar surface area (TPSA) is 26.3 Å². The molecule has 0 fully saturated rings. The summed E-state index contributed by atoms with van der Waals surface area (Å²) in [6, 6.07) is 1.90. The first kappa shape index (κ1) is 8.01. The van der Waals surface area contributed by atoms with Crippen LogP contribution < -0.4 is 0 Å². The van der Waals surface area contributed by atoms with Crippen LogP contribution >= 0.6 is 11.3 Å². The number of hydrogen-bond donors (Lipinski definition) is 0. The summed E-state index contributed by atoms with van der Waals surface area (Å²) in [6.07, 6.45) is 1.30. The summed E-state index contributed by atoms with van der Waals surface area (Å²) in [5, 5.41) is 3.86. The zero-order valence-electron chi connectivity index (χ0n) is 5.90. The summed E-state index contributed by atoms with van der Waals surface area (Å²) in [5.74, 6) is 0. The Bertz CT molecular complexity index is 228. The minimum atomic E-state index is -0.293. The van der Waals surface area contributed by atoms with Gasteiger partial charge in [-0.3, -0.25) is 4.79 Å². The van der Waals surface area contributed by atoms with E-state index < -0.39 is 0 Å². The molecule has 0 saturated heterocycles. The molecule has 11 heavy (non-hydrogen) atoms. The Hall–Kier alpha value is -1.09. The van der Waals surface area contributed by atoms with Gasteiger partial charge < -0.3 is 4.74 Å². The number of carbonyl (C=O) groups is 1. The fourth-order valence-electron chi connectivity index (χ4n) is 0.767. The van der Waals surface area contributed by atoms with E-state index in [0.29, 0.717) is 6.47 Å². The number of rotatable bonds is 4. The van der Waals surface area contributed by atoms with Crippen molar-refractivity contribution in [2.75, 3.05) is 0 Å². The highest BCUT2D eigenvalue weighted by Crippen LogP contribution is 2.19. The van der Waals surface area contributed by atoms with Gasteiger partial charge in [0.2, 0.25) is 0 Å². The van der Waals surface area contributed by atoms with Crippen LogP contribution in [0.2, 0.25) is 0 Å². The molecular formula is C8H8O2S. The molecule has 0 saturated carbocycles. The van der Waals surface area contributed by atoms with Gasteiger partial charge in [0, 0.05) is 5.56 Å². The van der Waals surface area contributed by atoms with Crippen LogP contribution in [0.25, 0.3) is 0 Å². The Morgan fingerprint density at radius 1 is 1.73 bits per heavy atom. The summed E-state index contributed by atoms with van der Waals surface area (Å²) in [7, 11) is 0. The highest BCUT2D eigenvalue weighted by Gasteiger charge is 2.06. The summed E-state index contributed by atoms with van der Waals surface area (Å²) >= 11 is 1.57. The molecule has 1 heterocycles. The fraction of sp³-hybridized carbons (Fsp3) is 0.125. The summed E-state index contributed by atoms with van der Waals surface area (Å²) in [5.41, 5.74) is 0.970. The number of hydrogen-bond acceptors (Lipinski definition) is 3. The van der Waals surface area contributed by atoms with E-state index in [1.807, 2.05) is 16.8 Å². The molecule has 0 amide bonds. The SMILES string of the molecule is C=CC(OC=O)c1ccsc1. The van der Waals surface area contributed by atoms with Crippen molar-refractivity contribution in [3.63, 3.8) is 0 Å². The van der Waals surface area contributed by atoms with E-state index in [1.165, 1.54) is 0 Å². The van der Waals surface area contributed by atoms with E-state index in [4.69, 9.17) is 4.74 Å². The monoisotopic (exact) mass is 168 g/mol. The molecule has 1 aromatic heterocycles. The third-order valence-corrected chi connectivity index (χ3v) is 1.99. The van der Waals surface area contributed by atoms with Gasteiger partial charge in [-0.25, -0.2) is 0 Å². The Kier molecular flexibility index (Phi) is 2.86. The van der Waals surface area contributed by atoms with Crippen molar-refractivity contribution in [3.05, 3.63) is 35.0 Å². The second kappa shape index (κ2) is 3.93. The number of carbonyl (C=O) groups excluding carboxylic acids is 1. The molecule has 1 aromatic rings. The van der Waals surface area contributed by atoms with Gasteiger partial charge >= 0.3 is 0 Å². The molecule has 1 unspecified atom stereocenters. The van der Waals surface area contributed by atoms with Crippen LogP contribution in [-0.2, 0) is 9.53 Å². The van der Waals surface area contributed by atoms with Crippen LogP contribution in [0.5, 0.6) is 0 Å². The summed E-state index contributed by atoms with van der Waals surface area (Å²) in [6.45, 7) is 3.99. The molecule has 0 aromatic carbocycles. The first-order chi connectivity index (χ1) is 5.38. The van der Waals surface area contributed by atoms with Gasteiger partial charge in [0.25, 0.3) is 6.47 Å². The zero-order valence-corrected chi connectivity index (χ0v) is 6.71. The molecule has 3 heteroatoms. The molecule has 0 spiro atoms. The van der Waals surface area contributed by atoms with Crippen molar-refractivity contribution in [2.24, 2.45) is 0 Å². The molecule has 2 nitrogen and oxygen atoms in total. The molecule has 0 aliphatic heterocycles. The van der Waals surface area contributed by atoms with Gasteiger partial charge in [0.15, 0.2) is 0 Å². The van der Waals surface area contributed by atoms with Crippen LogP contribution in [0.3, 0.4) is 0 Å². The van der Waals surface area contributed by atoms with Crippen molar-refractivity contribution >= 4 is 17.8 Å². The van der Waals surface area contributed by atoms with Crippen molar-refractivity contribution in [1.29, 1.82) is 0 Å². The molecule has 1 rings (SSSR count). The first-order valence-electron chi connectivity index (χ1n) is 3.12. The van der Waals surface area contributed by atoms with Crippen LogP contribution in [0, 0.1) is 0 Å². The molecule has 0 bridgehead atoms. The van der Waals surface area contributed by atoms with Crippen molar-refractivity contribution in [3.8, 4) is 0 Å². The maximum atomic E-state index is 10.0. The maximum Gasteiger partial charge on any atom is 0.294 e. The lowest BCUT2D eigenvalue weighted by atomic mass is 10.2. The van der Waals surface area contributed by atoms with Gasteiger partial charge in [0.05, 0.1) is 0 Å². The summed E-state index contributed by atoms with van der Waals surface area (Å²) in [4.78, 5) is 10.0. The average Bonchev–Trinajstić information content (AvgIpc) is 2.52. The van der Waals surface area contributed by atoms with Gasteiger partial charge in [-0.05, 0) is 22.9 Å². The highest BCUT2D eigenvalue weighted by molar-refractivity contribution is 7.07. The molecule has 1 atom stereocenters. The maximum absolute atomic E-state index is 10.0. The van der Waals surface area contributed by atoms with Crippen LogP contribution in [-0.4, -0.2) is 6.47 Å². The number of thiophene rings is 1. The largest absolute Gasteiger partial charge is 0.455 e. The third-order valence-electron chi connectivity index (χ3n) is 1.29.